The van der Waals surface area contributed by atoms with Crippen molar-refractivity contribution in [2.24, 2.45) is 0 Å². The van der Waals surface area contributed by atoms with Crippen LogP contribution in [0.15, 0.2) is 28.7 Å². The molecule has 0 spiro atoms. The van der Waals surface area contributed by atoms with Crippen LogP contribution in [0.2, 0.25) is 0 Å². The molecule has 0 bridgehead atoms. The van der Waals surface area contributed by atoms with Gasteiger partial charge in [-0.1, -0.05) is 60.3 Å². The molecule has 1 aliphatic rings. The Labute approximate surface area is 142 Å². The minimum Gasteiger partial charge on any atom is -0.313 e. The molecule has 0 amide bonds. The van der Waals surface area contributed by atoms with Crippen LogP contribution in [0.4, 0.5) is 0 Å². The summed E-state index contributed by atoms with van der Waals surface area (Å²) in [4.78, 5) is 0. The summed E-state index contributed by atoms with van der Waals surface area (Å²) in [6.07, 6.45) is 9.53. The number of hydrogen-bond acceptors (Lipinski definition) is 2. The van der Waals surface area contributed by atoms with Gasteiger partial charge in [-0.3, -0.25) is 0 Å². The average molecular weight is 370 g/mol. The summed E-state index contributed by atoms with van der Waals surface area (Å²) < 4.78 is 1.25. The fraction of sp³-hybridized carbons (Fsp3) is 0.667. The minimum absolute atomic E-state index is 0.593. The summed E-state index contributed by atoms with van der Waals surface area (Å²) in [6.45, 7) is 3.37. The molecule has 0 aromatic heterocycles. The van der Waals surface area contributed by atoms with Crippen molar-refractivity contribution in [3.63, 3.8) is 0 Å². The lowest BCUT2D eigenvalue weighted by molar-refractivity contribution is 0.511. The largest absolute Gasteiger partial charge is 0.313 e. The number of halogens is 1. The fourth-order valence-corrected chi connectivity index (χ4v) is 4.81. The smallest absolute Gasteiger partial charge is 0.0207 e. The molecule has 3 heteroatoms. The third-order valence-electron chi connectivity index (χ3n) is 4.19. The maximum Gasteiger partial charge on any atom is 0.0207 e. The molecule has 0 saturated heterocycles. The molecule has 1 aromatic rings. The van der Waals surface area contributed by atoms with Crippen LogP contribution in [0, 0.1) is 0 Å². The van der Waals surface area contributed by atoms with Gasteiger partial charge in [0, 0.05) is 21.5 Å². The van der Waals surface area contributed by atoms with Crippen molar-refractivity contribution in [3.8, 4) is 0 Å². The van der Waals surface area contributed by atoms with Crippen molar-refractivity contribution in [3.05, 3.63) is 34.3 Å². The summed E-state index contributed by atoms with van der Waals surface area (Å²) in [6, 6.07) is 9.23. The second-order valence-corrected chi connectivity index (χ2v) is 8.23. The van der Waals surface area contributed by atoms with E-state index in [4.69, 9.17) is 0 Å². The summed E-state index contributed by atoms with van der Waals surface area (Å²) in [7, 11) is 0. The van der Waals surface area contributed by atoms with Crippen molar-refractivity contribution in [2.45, 2.75) is 63.2 Å². The lowest BCUT2D eigenvalue weighted by Crippen LogP contribution is -2.34. The van der Waals surface area contributed by atoms with Crippen LogP contribution in [-0.2, 0) is 6.42 Å². The first-order chi connectivity index (χ1) is 10.3. The highest BCUT2D eigenvalue weighted by atomic mass is 79.9. The van der Waals surface area contributed by atoms with E-state index in [-0.39, 0.29) is 0 Å². The van der Waals surface area contributed by atoms with E-state index in [0.717, 1.165) is 18.2 Å². The van der Waals surface area contributed by atoms with Crippen LogP contribution >= 0.6 is 27.7 Å². The highest BCUT2D eigenvalue weighted by Gasteiger charge is 2.17. The van der Waals surface area contributed by atoms with E-state index < -0.39 is 0 Å². The SMILES string of the molecule is CCCNC(CSC1CCCCC1)Cc1ccccc1Br. The van der Waals surface area contributed by atoms with E-state index in [2.05, 4.69) is 64.2 Å². The molecule has 21 heavy (non-hydrogen) atoms. The van der Waals surface area contributed by atoms with Crippen LogP contribution in [0.5, 0.6) is 0 Å². The topological polar surface area (TPSA) is 12.0 Å². The van der Waals surface area contributed by atoms with Gasteiger partial charge in [-0.2, -0.15) is 11.8 Å². The maximum atomic E-state index is 3.74. The Bertz CT molecular complexity index is 404. The molecule has 1 saturated carbocycles. The Morgan fingerprint density at radius 2 is 2.00 bits per heavy atom. The monoisotopic (exact) mass is 369 g/mol. The van der Waals surface area contributed by atoms with Gasteiger partial charge in [-0.25, -0.2) is 0 Å². The van der Waals surface area contributed by atoms with E-state index in [1.165, 1.54) is 54.3 Å². The van der Waals surface area contributed by atoms with Crippen molar-refractivity contribution in [1.82, 2.24) is 5.32 Å². The third kappa shape index (κ3) is 6.33. The Hall–Kier alpha value is 0.01000. The summed E-state index contributed by atoms with van der Waals surface area (Å²) in [5.74, 6) is 1.24. The Morgan fingerprint density at radius 1 is 1.24 bits per heavy atom. The zero-order valence-corrected chi connectivity index (χ0v) is 15.5. The second-order valence-electron chi connectivity index (χ2n) is 6.04. The van der Waals surface area contributed by atoms with E-state index in [0.29, 0.717) is 6.04 Å². The Balaban J connectivity index is 1.86. The van der Waals surface area contributed by atoms with Gasteiger partial charge >= 0.3 is 0 Å². The summed E-state index contributed by atoms with van der Waals surface area (Å²) in [5.41, 5.74) is 1.43. The van der Waals surface area contributed by atoms with E-state index in [1.54, 1.807) is 0 Å². The molecule has 1 atom stereocenters. The van der Waals surface area contributed by atoms with Crippen LogP contribution in [-0.4, -0.2) is 23.6 Å². The average Bonchev–Trinajstić information content (AvgIpc) is 2.53. The molecule has 1 aromatic carbocycles. The molecule has 1 fully saturated rings. The predicted octanol–water partition coefficient (Wildman–Crippen LogP) is 5.43. The molecule has 0 heterocycles. The molecule has 0 radical (unpaired) electrons. The number of nitrogens with one attached hydrogen (secondary N) is 1. The van der Waals surface area contributed by atoms with Gasteiger partial charge < -0.3 is 5.32 Å². The van der Waals surface area contributed by atoms with Gasteiger partial charge in [0.2, 0.25) is 0 Å². The molecule has 1 unspecified atom stereocenters. The highest BCUT2D eigenvalue weighted by molar-refractivity contribution is 9.10. The van der Waals surface area contributed by atoms with E-state index in [1.807, 2.05) is 0 Å². The van der Waals surface area contributed by atoms with Gasteiger partial charge in [0.1, 0.15) is 0 Å². The number of thioether (sulfide) groups is 1. The highest BCUT2D eigenvalue weighted by Crippen LogP contribution is 2.29. The fourth-order valence-electron chi connectivity index (χ4n) is 2.95. The minimum atomic E-state index is 0.593. The summed E-state index contributed by atoms with van der Waals surface area (Å²) >= 11 is 5.89. The van der Waals surface area contributed by atoms with Crippen LogP contribution in [0.25, 0.3) is 0 Å². The number of hydrogen-bond donors (Lipinski definition) is 1. The molecular formula is C18H28BrNS. The molecule has 1 aliphatic carbocycles. The first-order valence-corrected chi connectivity index (χ1v) is 10.2. The first-order valence-electron chi connectivity index (χ1n) is 8.38. The quantitative estimate of drug-likeness (QED) is 0.655. The number of benzene rings is 1. The van der Waals surface area contributed by atoms with Gasteiger partial charge in [-0.05, 0) is 43.9 Å². The lowest BCUT2D eigenvalue weighted by atomic mass is 10.0. The lowest BCUT2D eigenvalue weighted by Gasteiger charge is -2.25. The maximum absolute atomic E-state index is 3.74. The van der Waals surface area contributed by atoms with Crippen molar-refractivity contribution >= 4 is 27.7 Å². The van der Waals surface area contributed by atoms with Crippen LogP contribution < -0.4 is 5.32 Å². The Kier molecular flexibility index (Phi) is 8.20. The second kappa shape index (κ2) is 9.91. The molecule has 1 N–H and O–H groups in total. The third-order valence-corrected chi connectivity index (χ3v) is 6.50. The van der Waals surface area contributed by atoms with Gasteiger partial charge in [0.25, 0.3) is 0 Å². The van der Waals surface area contributed by atoms with Crippen LogP contribution in [0.3, 0.4) is 0 Å². The van der Waals surface area contributed by atoms with E-state index >= 15 is 0 Å². The summed E-state index contributed by atoms with van der Waals surface area (Å²) in [5, 5.41) is 4.65. The van der Waals surface area contributed by atoms with Crippen molar-refractivity contribution in [1.29, 1.82) is 0 Å². The molecule has 1 nitrogen and oxygen atoms in total. The van der Waals surface area contributed by atoms with Crippen LogP contribution in [0.1, 0.15) is 51.0 Å². The predicted molar refractivity (Wildman–Crippen MR) is 99.3 cm³/mol. The van der Waals surface area contributed by atoms with Crippen molar-refractivity contribution in [2.75, 3.05) is 12.3 Å². The Morgan fingerprint density at radius 3 is 2.71 bits per heavy atom. The van der Waals surface area contributed by atoms with E-state index in [9.17, 15) is 0 Å². The van der Waals surface area contributed by atoms with Crippen molar-refractivity contribution < 1.29 is 0 Å². The number of rotatable bonds is 8. The molecular weight excluding hydrogens is 342 g/mol. The molecule has 118 valence electrons. The zero-order chi connectivity index (χ0) is 14.9. The van der Waals surface area contributed by atoms with Gasteiger partial charge in [0.05, 0.1) is 0 Å². The molecule has 0 aliphatic heterocycles. The zero-order valence-electron chi connectivity index (χ0n) is 13.1. The van der Waals surface area contributed by atoms with Gasteiger partial charge in [0.15, 0.2) is 0 Å². The standard InChI is InChI=1S/C18H28BrNS/c1-2-12-20-16(13-15-8-6-7-11-18(15)19)14-21-17-9-4-3-5-10-17/h6-8,11,16-17,20H,2-5,9-10,12-14H2,1H3. The normalized spacial score (nSPS) is 17.8. The van der Waals surface area contributed by atoms with Gasteiger partial charge in [-0.15, -0.1) is 0 Å². The molecule has 2 rings (SSSR count). The first kappa shape index (κ1) is 17.4.